The van der Waals surface area contributed by atoms with Crippen LogP contribution >= 0.6 is 0 Å². The van der Waals surface area contributed by atoms with Gasteiger partial charge in [0.1, 0.15) is 0 Å². The SMILES string of the molecule is O=C(O)C1C(C(O)(OCCO)OCCO)[C@H]2C=C[C@@H]1C2. The minimum atomic E-state index is -2.11. The van der Waals surface area contributed by atoms with Gasteiger partial charge in [0, 0.05) is 0 Å². The number of carbonyl (C=O) groups is 1. The Morgan fingerprint density at radius 2 is 1.70 bits per heavy atom. The third kappa shape index (κ3) is 2.72. The molecule has 0 spiro atoms. The third-order valence-corrected chi connectivity index (χ3v) is 3.97. The summed E-state index contributed by atoms with van der Waals surface area (Å²) in [5.74, 6) is -4.97. The first-order valence-corrected chi connectivity index (χ1v) is 6.66. The number of fused-ring (bicyclic) bond motifs is 2. The second-order valence-electron chi connectivity index (χ2n) is 5.11. The summed E-state index contributed by atoms with van der Waals surface area (Å²) in [4.78, 5) is 11.4. The summed E-state index contributed by atoms with van der Waals surface area (Å²) in [6, 6.07) is 0. The molecule has 0 heterocycles. The molecule has 7 heteroatoms. The van der Waals surface area contributed by atoms with Crippen molar-refractivity contribution in [1.82, 2.24) is 0 Å². The number of rotatable bonds is 8. The van der Waals surface area contributed by atoms with Gasteiger partial charge in [-0.15, -0.1) is 0 Å². The van der Waals surface area contributed by atoms with Crippen LogP contribution in [-0.2, 0) is 14.3 Å². The third-order valence-electron chi connectivity index (χ3n) is 3.97. The zero-order valence-electron chi connectivity index (χ0n) is 11.0. The fourth-order valence-corrected chi connectivity index (χ4v) is 3.27. The Morgan fingerprint density at radius 3 is 2.20 bits per heavy atom. The number of hydrogen-bond acceptors (Lipinski definition) is 6. The van der Waals surface area contributed by atoms with E-state index in [2.05, 4.69) is 0 Å². The molecule has 2 aliphatic carbocycles. The lowest BCUT2D eigenvalue weighted by atomic mass is 9.81. The Bertz CT molecular complexity index is 373. The highest BCUT2D eigenvalue weighted by Crippen LogP contribution is 2.52. The van der Waals surface area contributed by atoms with Gasteiger partial charge in [0.25, 0.3) is 5.97 Å². The van der Waals surface area contributed by atoms with Gasteiger partial charge < -0.3 is 29.9 Å². The highest BCUT2D eigenvalue weighted by atomic mass is 16.8. The molecule has 114 valence electrons. The van der Waals surface area contributed by atoms with Crippen molar-refractivity contribution in [3.05, 3.63) is 12.2 Å². The van der Waals surface area contributed by atoms with Crippen molar-refractivity contribution in [2.45, 2.75) is 12.4 Å². The smallest absolute Gasteiger partial charge is 0.307 e. The standard InChI is InChI=1S/C13H20O7/c14-3-5-19-13(18,20-6-4-15)11-9-2-1-8(7-9)10(11)12(16)17/h1-2,8-11,14-15,18H,3-7H2,(H,16,17)/t8-,9+,10?,11?/m1/s1. The van der Waals surface area contributed by atoms with E-state index < -0.39 is 23.8 Å². The molecule has 0 amide bonds. The van der Waals surface area contributed by atoms with E-state index >= 15 is 0 Å². The average Bonchev–Trinajstić information content (AvgIpc) is 3.03. The van der Waals surface area contributed by atoms with Crippen molar-refractivity contribution in [3.8, 4) is 0 Å². The maximum Gasteiger partial charge on any atom is 0.307 e. The number of hydrogen-bond donors (Lipinski definition) is 4. The van der Waals surface area contributed by atoms with E-state index in [9.17, 15) is 15.0 Å². The zero-order valence-corrected chi connectivity index (χ0v) is 11.0. The molecule has 20 heavy (non-hydrogen) atoms. The Balaban J connectivity index is 2.22. The van der Waals surface area contributed by atoms with Gasteiger partial charge in [-0.25, -0.2) is 0 Å². The number of allylic oxidation sites excluding steroid dienone is 2. The number of ether oxygens (including phenoxy) is 2. The van der Waals surface area contributed by atoms with E-state index in [1.54, 1.807) is 0 Å². The molecule has 4 atom stereocenters. The summed E-state index contributed by atoms with van der Waals surface area (Å²) in [6.07, 6.45) is 4.34. The predicted molar refractivity (Wildman–Crippen MR) is 66.4 cm³/mol. The molecule has 4 N–H and O–H groups in total. The van der Waals surface area contributed by atoms with E-state index in [1.807, 2.05) is 12.2 Å². The summed E-state index contributed by atoms with van der Waals surface area (Å²) in [6.45, 7) is -0.990. The van der Waals surface area contributed by atoms with Crippen LogP contribution in [0, 0.1) is 23.7 Å². The number of aliphatic hydroxyl groups is 3. The Hall–Kier alpha value is -0.990. The molecule has 0 aromatic heterocycles. The zero-order chi connectivity index (χ0) is 14.8. The lowest BCUT2D eigenvalue weighted by Gasteiger charge is -2.38. The summed E-state index contributed by atoms with van der Waals surface area (Å²) < 4.78 is 10.3. The van der Waals surface area contributed by atoms with Crippen LogP contribution < -0.4 is 0 Å². The summed E-state index contributed by atoms with van der Waals surface area (Å²) >= 11 is 0. The van der Waals surface area contributed by atoms with Crippen molar-refractivity contribution in [1.29, 1.82) is 0 Å². The molecule has 0 aromatic carbocycles. The average molecular weight is 288 g/mol. The van der Waals surface area contributed by atoms with E-state index in [-0.39, 0.29) is 38.3 Å². The van der Waals surface area contributed by atoms with Crippen LogP contribution in [0.3, 0.4) is 0 Å². The first-order chi connectivity index (χ1) is 9.53. The van der Waals surface area contributed by atoms with E-state index in [0.717, 1.165) is 0 Å². The first-order valence-electron chi connectivity index (χ1n) is 6.66. The van der Waals surface area contributed by atoms with Crippen LogP contribution in [0.5, 0.6) is 0 Å². The highest BCUT2D eigenvalue weighted by Gasteiger charge is 2.58. The minimum Gasteiger partial charge on any atom is -0.481 e. The normalized spacial score (nSPS) is 31.9. The second-order valence-corrected chi connectivity index (χ2v) is 5.11. The second kappa shape index (κ2) is 6.19. The molecule has 2 rings (SSSR count). The number of aliphatic hydroxyl groups excluding tert-OH is 2. The Kier molecular flexibility index (Phi) is 4.77. The molecule has 0 aliphatic heterocycles. The molecule has 0 aromatic rings. The molecule has 2 aliphatic rings. The van der Waals surface area contributed by atoms with Gasteiger partial charge in [-0.05, 0) is 18.3 Å². The predicted octanol–water partition coefficient (Wildman–Crippen LogP) is -0.827. The molecule has 1 saturated carbocycles. The largest absolute Gasteiger partial charge is 0.481 e. The molecular weight excluding hydrogens is 268 g/mol. The van der Waals surface area contributed by atoms with Crippen LogP contribution in [0.15, 0.2) is 12.2 Å². The quantitative estimate of drug-likeness (QED) is 0.340. The molecule has 0 saturated heterocycles. The molecular formula is C13H20O7. The Morgan fingerprint density at radius 1 is 1.15 bits per heavy atom. The molecule has 2 unspecified atom stereocenters. The minimum absolute atomic E-state index is 0.149. The highest BCUT2D eigenvalue weighted by molar-refractivity contribution is 5.72. The maximum absolute atomic E-state index is 11.4. The van der Waals surface area contributed by atoms with Gasteiger partial charge in [0.15, 0.2) is 0 Å². The molecule has 2 bridgehead atoms. The van der Waals surface area contributed by atoms with Gasteiger partial charge in [0.2, 0.25) is 0 Å². The fourth-order valence-electron chi connectivity index (χ4n) is 3.27. The summed E-state index contributed by atoms with van der Waals surface area (Å²) in [5, 5.41) is 37.6. The van der Waals surface area contributed by atoms with Crippen molar-refractivity contribution in [3.63, 3.8) is 0 Å². The monoisotopic (exact) mass is 288 g/mol. The van der Waals surface area contributed by atoms with Gasteiger partial charge in [-0.2, -0.15) is 0 Å². The molecule has 1 fully saturated rings. The lowest BCUT2D eigenvalue weighted by Crippen LogP contribution is -2.51. The van der Waals surface area contributed by atoms with Gasteiger partial charge >= 0.3 is 5.97 Å². The number of carboxylic acids is 1. The maximum atomic E-state index is 11.4. The van der Waals surface area contributed by atoms with Crippen molar-refractivity contribution in [2.75, 3.05) is 26.4 Å². The van der Waals surface area contributed by atoms with Gasteiger partial charge in [-0.3, -0.25) is 4.79 Å². The summed E-state index contributed by atoms with van der Waals surface area (Å²) in [5.41, 5.74) is 0. The van der Waals surface area contributed by atoms with Crippen LogP contribution in [0.25, 0.3) is 0 Å². The van der Waals surface area contributed by atoms with Gasteiger partial charge in [-0.1, -0.05) is 12.2 Å². The van der Waals surface area contributed by atoms with E-state index in [1.165, 1.54) is 0 Å². The topological polar surface area (TPSA) is 116 Å². The molecule has 7 nitrogen and oxygen atoms in total. The van der Waals surface area contributed by atoms with Crippen LogP contribution in [-0.4, -0.2) is 58.8 Å². The van der Waals surface area contributed by atoms with Gasteiger partial charge in [0.05, 0.1) is 38.3 Å². The number of carboxylic acid groups (broad SMARTS) is 1. The van der Waals surface area contributed by atoms with E-state index in [0.29, 0.717) is 6.42 Å². The fraction of sp³-hybridized carbons (Fsp3) is 0.769. The van der Waals surface area contributed by atoms with Crippen LogP contribution in [0.2, 0.25) is 0 Å². The summed E-state index contributed by atoms with van der Waals surface area (Å²) in [7, 11) is 0. The van der Waals surface area contributed by atoms with Crippen LogP contribution in [0.4, 0.5) is 0 Å². The molecule has 0 radical (unpaired) electrons. The lowest BCUT2D eigenvalue weighted by molar-refractivity contribution is -0.395. The first kappa shape index (κ1) is 15.4. The van der Waals surface area contributed by atoms with Crippen molar-refractivity contribution < 1.29 is 34.7 Å². The van der Waals surface area contributed by atoms with E-state index in [4.69, 9.17) is 19.7 Å². The van der Waals surface area contributed by atoms with Crippen molar-refractivity contribution in [2.24, 2.45) is 23.7 Å². The van der Waals surface area contributed by atoms with Crippen LogP contribution in [0.1, 0.15) is 6.42 Å². The Labute approximate surface area is 116 Å². The van der Waals surface area contributed by atoms with Crippen molar-refractivity contribution >= 4 is 5.97 Å². The number of aliphatic carboxylic acids is 1.